The molecule has 6 heteroatoms. The molecule has 1 heterocycles. The van der Waals surface area contributed by atoms with Crippen LogP contribution in [0.3, 0.4) is 0 Å². The van der Waals surface area contributed by atoms with E-state index in [1.807, 2.05) is 18.2 Å². The third-order valence-corrected chi connectivity index (χ3v) is 2.73. The number of carbonyl (C=O) groups is 1. The summed E-state index contributed by atoms with van der Waals surface area (Å²) in [6.07, 6.45) is -0.137. The maximum Gasteiger partial charge on any atom is 0.267 e. The molecule has 0 atom stereocenters. The van der Waals surface area contributed by atoms with Crippen molar-refractivity contribution in [2.75, 3.05) is 7.11 Å². The molecule has 0 spiro atoms. The number of halogens is 1. The van der Waals surface area contributed by atoms with E-state index in [4.69, 9.17) is 16.3 Å². The first-order chi connectivity index (χ1) is 9.11. The largest absolute Gasteiger partial charge is 0.496 e. The second-order valence-electron chi connectivity index (χ2n) is 3.84. The molecular weight excluding hydrogens is 268 g/mol. The van der Waals surface area contributed by atoms with Crippen molar-refractivity contribution in [1.82, 2.24) is 10.2 Å². The Hall–Kier alpha value is -2.14. The summed E-state index contributed by atoms with van der Waals surface area (Å²) in [5.74, 6) is 0.630. The van der Waals surface area contributed by atoms with Crippen LogP contribution in [0, 0.1) is 0 Å². The van der Waals surface area contributed by atoms with Crippen LogP contribution in [0.1, 0.15) is 5.56 Å². The third kappa shape index (κ3) is 3.00. The van der Waals surface area contributed by atoms with Crippen molar-refractivity contribution in [3.05, 3.63) is 46.2 Å². The number of nitrogens with one attached hydrogen (secondary N) is 1. The van der Waals surface area contributed by atoms with E-state index in [1.54, 1.807) is 13.2 Å². The van der Waals surface area contributed by atoms with Crippen LogP contribution in [0.4, 0.5) is 0 Å². The van der Waals surface area contributed by atoms with Crippen molar-refractivity contribution >= 4 is 16.8 Å². The third-order valence-electron chi connectivity index (χ3n) is 2.59. The number of methoxy groups -OCH3 is 1. The summed E-state index contributed by atoms with van der Waals surface area (Å²) >= 11 is 5.30. The Kier molecular flexibility index (Phi) is 3.97. The molecule has 0 aliphatic carbocycles. The number of hydrogen-bond acceptors (Lipinski definition) is 4. The van der Waals surface area contributed by atoms with Crippen LogP contribution in [-0.2, 0) is 11.2 Å². The summed E-state index contributed by atoms with van der Waals surface area (Å²) in [5.41, 5.74) is 1.10. The monoisotopic (exact) mass is 278 g/mol. The van der Waals surface area contributed by atoms with E-state index in [9.17, 15) is 9.59 Å². The highest BCUT2D eigenvalue weighted by molar-refractivity contribution is 6.63. The van der Waals surface area contributed by atoms with Crippen molar-refractivity contribution in [3.63, 3.8) is 0 Å². The fourth-order valence-corrected chi connectivity index (χ4v) is 1.86. The SMILES string of the molecule is COc1ccccc1-c1cc(CC(=O)Cl)c(=O)[nH]n1. The first kappa shape index (κ1) is 13.3. The zero-order valence-electron chi connectivity index (χ0n) is 10.1. The van der Waals surface area contributed by atoms with Crippen LogP contribution in [-0.4, -0.2) is 22.5 Å². The van der Waals surface area contributed by atoms with Crippen molar-refractivity contribution in [1.29, 1.82) is 0 Å². The van der Waals surface area contributed by atoms with Gasteiger partial charge in [-0.05, 0) is 29.8 Å². The van der Waals surface area contributed by atoms with E-state index in [2.05, 4.69) is 10.2 Å². The minimum Gasteiger partial charge on any atom is -0.496 e. The molecule has 0 bridgehead atoms. The van der Waals surface area contributed by atoms with E-state index in [0.29, 0.717) is 11.4 Å². The predicted octanol–water partition coefficient (Wildman–Crippen LogP) is 1.75. The summed E-state index contributed by atoms with van der Waals surface area (Å²) in [6, 6.07) is 8.80. The lowest BCUT2D eigenvalue weighted by molar-refractivity contribution is -0.111. The number of hydrogen-bond donors (Lipinski definition) is 1. The Bertz CT molecular complexity index is 667. The van der Waals surface area contributed by atoms with Gasteiger partial charge in [0.2, 0.25) is 5.24 Å². The average Bonchev–Trinajstić information content (AvgIpc) is 2.41. The molecule has 5 nitrogen and oxygen atoms in total. The van der Waals surface area contributed by atoms with Crippen molar-refractivity contribution in [3.8, 4) is 17.0 Å². The smallest absolute Gasteiger partial charge is 0.267 e. The van der Waals surface area contributed by atoms with E-state index >= 15 is 0 Å². The molecule has 19 heavy (non-hydrogen) atoms. The van der Waals surface area contributed by atoms with Crippen LogP contribution in [0.25, 0.3) is 11.3 Å². The standard InChI is InChI=1S/C13H11ClN2O3/c1-19-11-5-3-2-4-9(11)10-6-8(7-12(14)17)13(18)16-15-10/h2-6H,7H2,1H3,(H,16,18). The number of aromatic amines is 1. The van der Waals surface area contributed by atoms with Gasteiger partial charge in [-0.1, -0.05) is 12.1 Å². The molecule has 1 aromatic heterocycles. The van der Waals surface area contributed by atoms with Gasteiger partial charge in [0.25, 0.3) is 5.56 Å². The molecule has 2 rings (SSSR count). The summed E-state index contributed by atoms with van der Waals surface area (Å²) < 4.78 is 5.23. The Morgan fingerprint density at radius 3 is 2.84 bits per heavy atom. The molecule has 1 aromatic carbocycles. The first-order valence-electron chi connectivity index (χ1n) is 5.52. The topological polar surface area (TPSA) is 72.1 Å². The first-order valence-corrected chi connectivity index (χ1v) is 5.90. The number of benzene rings is 1. The van der Waals surface area contributed by atoms with Crippen LogP contribution in [0.2, 0.25) is 0 Å². The van der Waals surface area contributed by atoms with E-state index < -0.39 is 10.8 Å². The molecule has 0 fully saturated rings. The normalized spacial score (nSPS) is 10.2. The van der Waals surface area contributed by atoms with Crippen LogP contribution in [0.15, 0.2) is 35.1 Å². The van der Waals surface area contributed by atoms with Gasteiger partial charge in [-0.2, -0.15) is 5.10 Å². The minimum absolute atomic E-state index is 0.137. The molecule has 0 aliphatic heterocycles. The Morgan fingerprint density at radius 1 is 1.42 bits per heavy atom. The number of nitrogens with zero attached hydrogens (tertiary/aromatic N) is 1. The lowest BCUT2D eigenvalue weighted by Gasteiger charge is -2.07. The lowest BCUT2D eigenvalue weighted by atomic mass is 10.1. The van der Waals surface area contributed by atoms with Gasteiger partial charge in [-0.3, -0.25) is 9.59 Å². The number of rotatable bonds is 4. The predicted molar refractivity (Wildman–Crippen MR) is 71.4 cm³/mol. The van der Waals surface area contributed by atoms with E-state index in [0.717, 1.165) is 5.56 Å². The molecule has 0 unspecified atom stereocenters. The number of carbonyl (C=O) groups excluding carboxylic acids is 1. The van der Waals surface area contributed by atoms with Crippen LogP contribution < -0.4 is 10.3 Å². The van der Waals surface area contributed by atoms with E-state index in [-0.39, 0.29) is 12.0 Å². The summed E-state index contributed by atoms with van der Waals surface area (Å²) in [5, 5.41) is 5.71. The van der Waals surface area contributed by atoms with Gasteiger partial charge < -0.3 is 4.74 Å². The van der Waals surface area contributed by atoms with E-state index in [1.165, 1.54) is 6.07 Å². The second kappa shape index (κ2) is 5.67. The zero-order valence-corrected chi connectivity index (χ0v) is 10.9. The molecule has 0 amide bonds. The number of H-pyrrole nitrogens is 1. The molecular formula is C13H11ClN2O3. The van der Waals surface area contributed by atoms with Gasteiger partial charge in [0.15, 0.2) is 0 Å². The Morgan fingerprint density at radius 2 is 2.16 bits per heavy atom. The quantitative estimate of drug-likeness (QED) is 0.865. The highest BCUT2D eigenvalue weighted by Crippen LogP contribution is 2.27. The van der Waals surface area contributed by atoms with Crippen molar-refractivity contribution in [2.45, 2.75) is 6.42 Å². The molecule has 1 N–H and O–H groups in total. The van der Waals surface area contributed by atoms with Crippen LogP contribution >= 0.6 is 11.6 Å². The molecule has 0 radical (unpaired) electrons. The highest BCUT2D eigenvalue weighted by Gasteiger charge is 2.11. The maximum absolute atomic E-state index is 11.5. The summed E-state index contributed by atoms with van der Waals surface area (Å²) in [6.45, 7) is 0. The second-order valence-corrected chi connectivity index (χ2v) is 4.26. The molecule has 2 aromatic rings. The summed E-state index contributed by atoms with van der Waals surface area (Å²) in [4.78, 5) is 22.4. The molecule has 98 valence electrons. The number of para-hydroxylation sites is 1. The average molecular weight is 279 g/mol. The van der Waals surface area contributed by atoms with Gasteiger partial charge in [0, 0.05) is 11.1 Å². The highest BCUT2D eigenvalue weighted by atomic mass is 35.5. The molecule has 0 aliphatic rings. The lowest BCUT2D eigenvalue weighted by Crippen LogP contribution is -2.16. The maximum atomic E-state index is 11.5. The van der Waals surface area contributed by atoms with Crippen molar-refractivity contribution < 1.29 is 9.53 Å². The molecule has 0 saturated heterocycles. The van der Waals surface area contributed by atoms with Gasteiger partial charge >= 0.3 is 0 Å². The van der Waals surface area contributed by atoms with Crippen LogP contribution in [0.5, 0.6) is 5.75 Å². The van der Waals surface area contributed by atoms with Gasteiger partial charge in [0.05, 0.1) is 19.2 Å². The number of aromatic nitrogens is 2. The van der Waals surface area contributed by atoms with Gasteiger partial charge in [-0.25, -0.2) is 5.10 Å². The summed E-state index contributed by atoms with van der Waals surface area (Å²) in [7, 11) is 1.55. The zero-order chi connectivity index (χ0) is 13.8. The molecule has 0 saturated carbocycles. The van der Waals surface area contributed by atoms with Gasteiger partial charge in [0.1, 0.15) is 5.75 Å². The fraction of sp³-hybridized carbons (Fsp3) is 0.154. The number of ether oxygens (including phenoxy) is 1. The van der Waals surface area contributed by atoms with Crippen molar-refractivity contribution in [2.24, 2.45) is 0 Å². The Balaban J connectivity index is 2.51. The minimum atomic E-state index is -0.595. The Labute approximate surface area is 114 Å². The van der Waals surface area contributed by atoms with Gasteiger partial charge in [-0.15, -0.1) is 0 Å². The fourth-order valence-electron chi connectivity index (χ4n) is 1.72.